The van der Waals surface area contributed by atoms with Gasteiger partial charge in [-0.25, -0.2) is 0 Å². The summed E-state index contributed by atoms with van der Waals surface area (Å²) in [4.78, 5) is 11.7. The Morgan fingerprint density at radius 1 is 1.05 bits per heavy atom. The molecule has 22 heavy (non-hydrogen) atoms. The van der Waals surface area contributed by atoms with Crippen LogP contribution in [0.15, 0.2) is 0 Å². The second-order valence-corrected chi connectivity index (χ2v) is 5.98. The molecule has 0 aliphatic carbocycles. The summed E-state index contributed by atoms with van der Waals surface area (Å²) in [7, 11) is 1.88. The number of nitrogens with one attached hydrogen (secondary N) is 2. The second-order valence-electron chi connectivity index (χ2n) is 5.98. The van der Waals surface area contributed by atoms with Gasteiger partial charge < -0.3 is 20.1 Å². The largest absolute Gasteiger partial charge is 0.354 e. The van der Waals surface area contributed by atoms with E-state index in [2.05, 4.69) is 31.4 Å². The molecule has 0 saturated carbocycles. The summed E-state index contributed by atoms with van der Waals surface area (Å²) < 4.78 is 11.2. The monoisotopic (exact) mass is 318 g/mol. The zero-order valence-electron chi connectivity index (χ0n) is 15.9. The van der Waals surface area contributed by atoms with Crippen LogP contribution < -0.4 is 10.6 Å². The summed E-state index contributed by atoms with van der Waals surface area (Å²) in [6, 6.07) is 0. The topological polar surface area (TPSA) is 59.6 Å². The van der Waals surface area contributed by atoms with E-state index in [1.165, 1.54) is 0 Å². The van der Waals surface area contributed by atoms with Crippen LogP contribution >= 0.6 is 0 Å². The van der Waals surface area contributed by atoms with Crippen molar-refractivity contribution < 1.29 is 14.3 Å². The van der Waals surface area contributed by atoms with Gasteiger partial charge in [-0.3, -0.25) is 4.79 Å². The van der Waals surface area contributed by atoms with Gasteiger partial charge in [-0.1, -0.05) is 34.6 Å². The lowest BCUT2D eigenvalue weighted by molar-refractivity contribution is -0.211. The molecule has 0 saturated heterocycles. The Morgan fingerprint density at radius 2 is 1.55 bits per heavy atom. The molecule has 0 aromatic carbocycles. The molecule has 134 valence electrons. The Kier molecular flexibility index (Phi) is 15.0. The Hall–Kier alpha value is -0.650. The van der Waals surface area contributed by atoms with Crippen molar-refractivity contribution in [2.45, 2.75) is 60.7 Å². The molecule has 1 amide bonds. The van der Waals surface area contributed by atoms with E-state index >= 15 is 0 Å². The number of likely N-dealkylation sites (N-methyl/N-ethyl adjacent to an activating group) is 1. The van der Waals surface area contributed by atoms with E-state index in [1.54, 1.807) is 0 Å². The molecule has 0 aromatic rings. The molecule has 0 fully saturated rings. The number of amides is 1. The van der Waals surface area contributed by atoms with Gasteiger partial charge in [0.05, 0.1) is 13.2 Å². The van der Waals surface area contributed by atoms with Gasteiger partial charge >= 0.3 is 0 Å². The van der Waals surface area contributed by atoms with Gasteiger partial charge in [0.15, 0.2) is 5.79 Å². The van der Waals surface area contributed by atoms with Gasteiger partial charge in [0, 0.05) is 19.5 Å². The fourth-order valence-corrected chi connectivity index (χ4v) is 1.53. The number of hydrogen-bond acceptors (Lipinski definition) is 4. The first-order chi connectivity index (χ1) is 10.3. The lowest BCUT2D eigenvalue weighted by Crippen LogP contribution is -2.35. The quantitative estimate of drug-likeness (QED) is 0.454. The van der Waals surface area contributed by atoms with Crippen LogP contribution in [0.25, 0.3) is 0 Å². The molecule has 0 bridgehead atoms. The summed E-state index contributed by atoms with van der Waals surface area (Å²) in [6.45, 7) is 16.5. The normalized spacial score (nSPS) is 12.6. The molecule has 5 nitrogen and oxygen atoms in total. The zero-order valence-corrected chi connectivity index (χ0v) is 15.9. The number of rotatable bonds is 11. The first-order valence-corrected chi connectivity index (χ1v) is 8.47. The van der Waals surface area contributed by atoms with Crippen molar-refractivity contribution in [1.29, 1.82) is 0 Å². The third kappa shape index (κ3) is 14.3. The van der Waals surface area contributed by atoms with Gasteiger partial charge in [-0.15, -0.1) is 0 Å². The third-order valence-corrected chi connectivity index (χ3v) is 3.32. The minimum Gasteiger partial charge on any atom is -0.354 e. The highest BCUT2D eigenvalue weighted by Crippen LogP contribution is 2.13. The SMILES string of the molecule is CC.CNCCOC(C)(C)OCCNC(=O)CC(C)C(C)C. The van der Waals surface area contributed by atoms with E-state index in [-0.39, 0.29) is 5.91 Å². The van der Waals surface area contributed by atoms with E-state index in [4.69, 9.17) is 9.47 Å². The standard InChI is InChI=1S/C15H32N2O3.C2H6/c1-12(2)13(3)11-14(18)17-8-10-20-15(4,5)19-9-7-16-6;1-2/h12-13,16H,7-11H2,1-6H3,(H,17,18);1-2H3. The minimum atomic E-state index is -0.618. The molecule has 0 rings (SSSR count). The van der Waals surface area contributed by atoms with Crippen LogP contribution in [0.4, 0.5) is 0 Å². The lowest BCUT2D eigenvalue weighted by atomic mass is 9.94. The Bertz CT molecular complexity index is 269. The van der Waals surface area contributed by atoms with E-state index in [0.717, 1.165) is 6.54 Å². The summed E-state index contributed by atoms with van der Waals surface area (Å²) in [5, 5.41) is 5.89. The Balaban J connectivity index is 0. The molecule has 2 N–H and O–H groups in total. The second kappa shape index (κ2) is 14.0. The molecule has 1 atom stereocenters. The van der Waals surface area contributed by atoms with Crippen molar-refractivity contribution in [3.8, 4) is 0 Å². The number of carbonyl (C=O) groups is 1. The summed E-state index contributed by atoms with van der Waals surface area (Å²) in [5.41, 5.74) is 0. The summed E-state index contributed by atoms with van der Waals surface area (Å²) in [6.07, 6.45) is 0.569. The van der Waals surface area contributed by atoms with Crippen molar-refractivity contribution >= 4 is 5.91 Å². The molecule has 5 heteroatoms. The highest BCUT2D eigenvalue weighted by molar-refractivity contribution is 5.76. The van der Waals surface area contributed by atoms with E-state index < -0.39 is 5.79 Å². The van der Waals surface area contributed by atoms with Crippen molar-refractivity contribution in [2.24, 2.45) is 11.8 Å². The maximum atomic E-state index is 11.7. The Morgan fingerprint density at radius 3 is 2.00 bits per heavy atom. The van der Waals surface area contributed by atoms with Crippen LogP contribution in [0.1, 0.15) is 54.9 Å². The maximum Gasteiger partial charge on any atom is 0.220 e. The molecule has 0 aliphatic heterocycles. The van der Waals surface area contributed by atoms with Crippen molar-refractivity contribution in [3.05, 3.63) is 0 Å². The van der Waals surface area contributed by atoms with Crippen LogP contribution in [0.2, 0.25) is 0 Å². The highest BCUT2D eigenvalue weighted by atomic mass is 16.7. The van der Waals surface area contributed by atoms with E-state index in [9.17, 15) is 4.79 Å². The van der Waals surface area contributed by atoms with E-state index in [1.807, 2.05) is 34.7 Å². The molecule has 1 unspecified atom stereocenters. The van der Waals surface area contributed by atoms with Crippen LogP contribution in [0.3, 0.4) is 0 Å². The lowest BCUT2D eigenvalue weighted by Gasteiger charge is -2.26. The molecule has 0 aliphatic rings. The molecule has 0 radical (unpaired) electrons. The van der Waals surface area contributed by atoms with Gasteiger partial charge in [-0.2, -0.15) is 0 Å². The first kappa shape index (κ1) is 23.6. The number of ether oxygens (including phenoxy) is 2. The predicted octanol–water partition coefficient (Wildman–Crippen LogP) is 2.80. The molecular weight excluding hydrogens is 280 g/mol. The van der Waals surface area contributed by atoms with Crippen molar-refractivity contribution in [1.82, 2.24) is 10.6 Å². The van der Waals surface area contributed by atoms with Gasteiger partial charge in [-0.05, 0) is 32.7 Å². The fourth-order valence-electron chi connectivity index (χ4n) is 1.53. The maximum absolute atomic E-state index is 11.7. The molecular formula is C17H38N2O3. The smallest absolute Gasteiger partial charge is 0.220 e. The molecule has 0 heterocycles. The van der Waals surface area contributed by atoms with Gasteiger partial charge in [0.2, 0.25) is 5.91 Å². The fraction of sp³-hybridized carbons (Fsp3) is 0.941. The average Bonchev–Trinajstić information content (AvgIpc) is 2.46. The minimum absolute atomic E-state index is 0.0868. The van der Waals surface area contributed by atoms with Crippen molar-refractivity contribution in [2.75, 3.05) is 33.4 Å². The predicted molar refractivity (Wildman–Crippen MR) is 92.9 cm³/mol. The summed E-state index contributed by atoms with van der Waals surface area (Å²) in [5.74, 6) is 0.393. The van der Waals surface area contributed by atoms with Gasteiger partial charge in [0.25, 0.3) is 0 Å². The molecule has 0 spiro atoms. The van der Waals surface area contributed by atoms with Crippen molar-refractivity contribution in [3.63, 3.8) is 0 Å². The third-order valence-electron chi connectivity index (χ3n) is 3.32. The summed E-state index contributed by atoms with van der Waals surface area (Å²) >= 11 is 0. The highest BCUT2D eigenvalue weighted by Gasteiger charge is 2.18. The van der Waals surface area contributed by atoms with Crippen LogP contribution in [-0.2, 0) is 14.3 Å². The Labute approximate surface area is 137 Å². The van der Waals surface area contributed by atoms with Crippen LogP contribution in [0, 0.1) is 11.8 Å². The molecule has 0 aromatic heterocycles. The van der Waals surface area contributed by atoms with Crippen LogP contribution in [0.5, 0.6) is 0 Å². The van der Waals surface area contributed by atoms with Gasteiger partial charge in [0.1, 0.15) is 0 Å². The zero-order chi connectivity index (χ0) is 17.6. The first-order valence-electron chi connectivity index (χ1n) is 8.47. The number of hydrogen-bond donors (Lipinski definition) is 2. The van der Waals surface area contributed by atoms with Crippen LogP contribution in [-0.4, -0.2) is 45.0 Å². The van der Waals surface area contributed by atoms with E-state index in [0.29, 0.717) is 38.0 Å². The average molecular weight is 319 g/mol. The number of carbonyl (C=O) groups excluding carboxylic acids is 1.